The van der Waals surface area contributed by atoms with E-state index in [-0.39, 0.29) is 11.8 Å². The molecule has 1 aromatic rings. The van der Waals surface area contributed by atoms with Crippen LogP contribution in [0.1, 0.15) is 12.5 Å². The quantitative estimate of drug-likeness (QED) is 0.756. The maximum atomic E-state index is 11.3. The first-order valence-electron chi connectivity index (χ1n) is 5.44. The highest BCUT2D eigenvalue weighted by atomic mass is 16.2. The summed E-state index contributed by atoms with van der Waals surface area (Å²) in [6, 6.07) is 7.15. The molecule has 2 amide bonds. The molecule has 4 heteroatoms. The molecule has 0 heterocycles. The maximum absolute atomic E-state index is 11.3. The van der Waals surface area contributed by atoms with E-state index in [1.165, 1.54) is 6.08 Å². The van der Waals surface area contributed by atoms with E-state index >= 15 is 0 Å². The molecule has 0 atom stereocenters. The van der Waals surface area contributed by atoms with Gasteiger partial charge in [0.25, 0.3) is 0 Å². The molecule has 0 saturated carbocycles. The van der Waals surface area contributed by atoms with Gasteiger partial charge in [-0.1, -0.05) is 18.7 Å². The number of nitrogens with one attached hydrogen (secondary N) is 2. The van der Waals surface area contributed by atoms with E-state index in [9.17, 15) is 9.59 Å². The molecule has 0 spiro atoms. The minimum absolute atomic E-state index is 0.00428. The Morgan fingerprint density at radius 2 is 1.94 bits per heavy atom. The largest absolute Gasteiger partial charge is 0.356 e. The average molecular weight is 232 g/mol. The van der Waals surface area contributed by atoms with Crippen LogP contribution < -0.4 is 10.6 Å². The van der Waals surface area contributed by atoms with Crippen molar-refractivity contribution >= 4 is 17.5 Å². The number of carbonyl (C=O) groups is 2. The smallest absolute Gasteiger partial charge is 0.247 e. The molecule has 2 N–H and O–H groups in total. The van der Waals surface area contributed by atoms with Crippen molar-refractivity contribution in [3.05, 3.63) is 42.5 Å². The van der Waals surface area contributed by atoms with Gasteiger partial charge in [0, 0.05) is 12.2 Å². The zero-order valence-corrected chi connectivity index (χ0v) is 9.82. The summed E-state index contributed by atoms with van der Waals surface area (Å²) in [4.78, 5) is 22.4. The Balaban J connectivity index is 2.58. The molecule has 0 fully saturated rings. The fourth-order valence-corrected chi connectivity index (χ4v) is 1.34. The van der Waals surface area contributed by atoms with Crippen molar-refractivity contribution in [1.29, 1.82) is 0 Å². The topological polar surface area (TPSA) is 58.2 Å². The first-order valence-corrected chi connectivity index (χ1v) is 5.44. The van der Waals surface area contributed by atoms with Gasteiger partial charge in [-0.05, 0) is 30.7 Å². The van der Waals surface area contributed by atoms with E-state index in [0.29, 0.717) is 18.7 Å². The van der Waals surface area contributed by atoms with E-state index in [2.05, 4.69) is 17.2 Å². The lowest BCUT2D eigenvalue weighted by molar-refractivity contribution is -0.120. The second-order valence-electron chi connectivity index (χ2n) is 3.52. The Kier molecular flexibility index (Phi) is 4.94. The van der Waals surface area contributed by atoms with Crippen LogP contribution >= 0.6 is 0 Å². The summed E-state index contributed by atoms with van der Waals surface area (Å²) in [5.41, 5.74) is 1.60. The second-order valence-corrected chi connectivity index (χ2v) is 3.52. The molecule has 0 unspecified atom stereocenters. The number of anilines is 1. The predicted molar refractivity (Wildman–Crippen MR) is 67.7 cm³/mol. The van der Waals surface area contributed by atoms with E-state index in [0.717, 1.165) is 5.56 Å². The van der Waals surface area contributed by atoms with Gasteiger partial charge in [-0.25, -0.2) is 0 Å². The standard InChI is InChI=1S/C13H16N2O2/c1-3-12(16)15-11-7-5-10(6-8-11)9-13(17)14-4-2/h3,5-8H,1,4,9H2,2H3,(H,14,17)(H,15,16). The number of carbonyl (C=O) groups excluding carboxylic acids is 2. The third-order valence-corrected chi connectivity index (χ3v) is 2.15. The van der Waals surface area contributed by atoms with E-state index in [1.807, 2.05) is 19.1 Å². The Morgan fingerprint density at radius 1 is 1.29 bits per heavy atom. The zero-order valence-electron chi connectivity index (χ0n) is 9.82. The van der Waals surface area contributed by atoms with Gasteiger partial charge in [-0.15, -0.1) is 0 Å². The molecule has 17 heavy (non-hydrogen) atoms. The minimum atomic E-state index is -0.249. The van der Waals surface area contributed by atoms with E-state index in [1.54, 1.807) is 12.1 Å². The van der Waals surface area contributed by atoms with Gasteiger partial charge in [-0.2, -0.15) is 0 Å². The number of hydrogen-bond acceptors (Lipinski definition) is 2. The molecule has 0 bridgehead atoms. The molecule has 0 aliphatic heterocycles. The van der Waals surface area contributed by atoms with Gasteiger partial charge in [0.05, 0.1) is 6.42 Å². The van der Waals surface area contributed by atoms with Crippen LogP contribution in [0.25, 0.3) is 0 Å². The van der Waals surface area contributed by atoms with Crippen molar-refractivity contribution in [2.45, 2.75) is 13.3 Å². The summed E-state index contributed by atoms with van der Waals surface area (Å²) in [5, 5.41) is 5.37. The lowest BCUT2D eigenvalue weighted by Crippen LogP contribution is -2.24. The Labute approximate surface area is 101 Å². The fraction of sp³-hybridized carbons (Fsp3) is 0.231. The summed E-state index contributed by atoms with van der Waals surface area (Å²) in [6.45, 7) is 5.88. The monoisotopic (exact) mass is 232 g/mol. The normalized spacial score (nSPS) is 9.47. The van der Waals surface area contributed by atoms with Gasteiger partial charge >= 0.3 is 0 Å². The Bertz CT molecular complexity index is 410. The highest BCUT2D eigenvalue weighted by molar-refractivity contribution is 5.98. The molecule has 0 aliphatic carbocycles. The summed E-state index contributed by atoms with van der Waals surface area (Å²) in [5.74, 6) is -0.253. The van der Waals surface area contributed by atoms with Crippen LogP contribution in [0, 0.1) is 0 Å². The van der Waals surface area contributed by atoms with Crippen molar-refractivity contribution in [1.82, 2.24) is 5.32 Å². The molecular formula is C13H16N2O2. The van der Waals surface area contributed by atoms with Crippen molar-refractivity contribution < 1.29 is 9.59 Å². The van der Waals surface area contributed by atoms with Gasteiger partial charge < -0.3 is 10.6 Å². The fourth-order valence-electron chi connectivity index (χ4n) is 1.34. The third kappa shape index (κ3) is 4.51. The van der Waals surface area contributed by atoms with Crippen LogP contribution in [0.3, 0.4) is 0 Å². The molecule has 1 rings (SSSR count). The molecule has 1 aromatic carbocycles. The molecule has 0 saturated heterocycles. The van der Waals surface area contributed by atoms with Crippen molar-refractivity contribution in [3.63, 3.8) is 0 Å². The van der Waals surface area contributed by atoms with Crippen molar-refractivity contribution in [2.75, 3.05) is 11.9 Å². The van der Waals surface area contributed by atoms with E-state index in [4.69, 9.17) is 0 Å². The zero-order chi connectivity index (χ0) is 12.7. The van der Waals surface area contributed by atoms with Crippen LogP contribution in [-0.4, -0.2) is 18.4 Å². The van der Waals surface area contributed by atoms with Crippen LogP contribution in [0.15, 0.2) is 36.9 Å². The maximum Gasteiger partial charge on any atom is 0.247 e. The third-order valence-electron chi connectivity index (χ3n) is 2.15. The summed E-state index contributed by atoms with van der Waals surface area (Å²) >= 11 is 0. The number of hydrogen-bond donors (Lipinski definition) is 2. The molecule has 0 aliphatic rings. The average Bonchev–Trinajstić information content (AvgIpc) is 2.32. The predicted octanol–water partition coefficient (Wildman–Crippen LogP) is 1.49. The van der Waals surface area contributed by atoms with Gasteiger partial charge in [0.1, 0.15) is 0 Å². The first-order chi connectivity index (χ1) is 8.15. The van der Waals surface area contributed by atoms with Gasteiger partial charge in [0.15, 0.2) is 0 Å². The number of amides is 2. The van der Waals surface area contributed by atoms with Crippen molar-refractivity contribution in [2.24, 2.45) is 0 Å². The highest BCUT2D eigenvalue weighted by Gasteiger charge is 2.02. The summed E-state index contributed by atoms with van der Waals surface area (Å²) < 4.78 is 0. The number of benzene rings is 1. The van der Waals surface area contributed by atoms with Gasteiger partial charge in [0.2, 0.25) is 11.8 Å². The molecule has 0 radical (unpaired) electrons. The van der Waals surface area contributed by atoms with Crippen LogP contribution in [-0.2, 0) is 16.0 Å². The molecular weight excluding hydrogens is 216 g/mol. The second kappa shape index (κ2) is 6.48. The van der Waals surface area contributed by atoms with E-state index < -0.39 is 0 Å². The Morgan fingerprint density at radius 3 is 2.47 bits per heavy atom. The summed E-state index contributed by atoms with van der Waals surface area (Å²) in [6.07, 6.45) is 1.56. The lowest BCUT2D eigenvalue weighted by Gasteiger charge is -2.05. The first kappa shape index (κ1) is 13.0. The lowest BCUT2D eigenvalue weighted by atomic mass is 10.1. The van der Waals surface area contributed by atoms with Gasteiger partial charge in [-0.3, -0.25) is 9.59 Å². The summed E-state index contributed by atoms with van der Waals surface area (Å²) in [7, 11) is 0. The number of rotatable bonds is 5. The SMILES string of the molecule is C=CC(=O)Nc1ccc(CC(=O)NCC)cc1. The van der Waals surface area contributed by atoms with Crippen LogP contribution in [0.5, 0.6) is 0 Å². The molecule has 90 valence electrons. The Hall–Kier alpha value is -2.10. The number of likely N-dealkylation sites (N-methyl/N-ethyl adjacent to an activating group) is 1. The van der Waals surface area contributed by atoms with Crippen LogP contribution in [0.2, 0.25) is 0 Å². The molecule has 0 aromatic heterocycles. The van der Waals surface area contributed by atoms with Crippen molar-refractivity contribution in [3.8, 4) is 0 Å². The molecule has 4 nitrogen and oxygen atoms in total. The van der Waals surface area contributed by atoms with Crippen LogP contribution in [0.4, 0.5) is 5.69 Å². The highest BCUT2D eigenvalue weighted by Crippen LogP contribution is 2.10. The minimum Gasteiger partial charge on any atom is -0.356 e.